The number of fused-ring (bicyclic) bond motifs is 1. The largest absolute Gasteiger partial charge is 0.454 e. The highest BCUT2D eigenvalue weighted by atomic mass is 32.2. The number of amidine groups is 1. The highest BCUT2D eigenvalue weighted by molar-refractivity contribution is 8.19. The van der Waals surface area contributed by atoms with Crippen LogP contribution < -0.4 is 14.4 Å². The normalized spacial score (nSPS) is 21.8. The zero-order valence-electron chi connectivity index (χ0n) is 13.9. The van der Waals surface area contributed by atoms with Crippen molar-refractivity contribution in [2.24, 2.45) is 4.99 Å². The number of benzene rings is 2. The predicted octanol–water partition coefficient (Wildman–Crippen LogP) is 4.05. The molecule has 0 spiro atoms. The van der Waals surface area contributed by atoms with Gasteiger partial charge >= 0.3 is 0 Å². The molecule has 26 heavy (non-hydrogen) atoms. The Balaban J connectivity index is 1.51. The van der Waals surface area contributed by atoms with Crippen LogP contribution in [0.25, 0.3) is 6.08 Å². The monoisotopic (exact) mass is 364 g/mol. The van der Waals surface area contributed by atoms with Gasteiger partial charge in [-0.05, 0) is 60.5 Å². The van der Waals surface area contributed by atoms with Crippen LogP contribution in [-0.2, 0) is 4.79 Å². The molecule has 0 atom stereocenters. The van der Waals surface area contributed by atoms with Gasteiger partial charge < -0.3 is 9.47 Å². The molecule has 0 radical (unpaired) electrons. The first-order chi connectivity index (χ1) is 12.8. The molecular weight excluding hydrogens is 348 g/mol. The van der Waals surface area contributed by atoms with Gasteiger partial charge in [0, 0.05) is 0 Å². The van der Waals surface area contributed by atoms with Gasteiger partial charge in [0.2, 0.25) is 6.79 Å². The van der Waals surface area contributed by atoms with Crippen LogP contribution in [0.15, 0.2) is 58.4 Å². The minimum Gasteiger partial charge on any atom is -0.454 e. The van der Waals surface area contributed by atoms with Gasteiger partial charge in [-0.3, -0.25) is 14.7 Å². The van der Waals surface area contributed by atoms with Crippen LogP contribution in [0, 0.1) is 0 Å². The molecule has 2 aliphatic heterocycles. The number of carbonyl (C=O) groups is 1. The van der Waals surface area contributed by atoms with Gasteiger partial charge in [-0.25, -0.2) is 0 Å². The van der Waals surface area contributed by atoms with Crippen molar-refractivity contribution < 1.29 is 14.3 Å². The first kappa shape index (κ1) is 15.5. The van der Waals surface area contributed by atoms with Gasteiger partial charge in [0.05, 0.1) is 16.6 Å². The summed E-state index contributed by atoms with van der Waals surface area (Å²) in [6.45, 7) is 0.239. The van der Waals surface area contributed by atoms with E-state index in [-0.39, 0.29) is 12.7 Å². The van der Waals surface area contributed by atoms with Gasteiger partial charge in [-0.15, -0.1) is 0 Å². The van der Waals surface area contributed by atoms with Gasteiger partial charge in [0.15, 0.2) is 16.7 Å². The smallest absolute Gasteiger partial charge is 0.271 e. The zero-order chi connectivity index (χ0) is 17.5. The molecule has 5 nitrogen and oxygen atoms in total. The SMILES string of the molecule is O=C1/C(=C/c2ccc3c(c2)OCO3)SC(=NC2CC2)N1c1ccccc1. The van der Waals surface area contributed by atoms with E-state index in [1.165, 1.54) is 11.8 Å². The van der Waals surface area contributed by atoms with Gasteiger partial charge in [-0.2, -0.15) is 0 Å². The molecule has 130 valence electrons. The number of thioether (sulfide) groups is 1. The van der Waals surface area contributed by atoms with Crippen molar-refractivity contribution in [3.63, 3.8) is 0 Å². The molecule has 1 saturated heterocycles. The van der Waals surface area contributed by atoms with Crippen molar-refractivity contribution in [2.45, 2.75) is 18.9 Å². The summed E-state index contributed by atoms with van der Waals surface area (Å²) in [6.07, 6.45) is 4.09. The Morgan fingerprint density at radius 1 is 1.08 bits per heavy atom. The van der Waals surface area contributed by atoms with Crippen molar-refractivity contribution >= 4 is 34.6 Å². The number of rotatable bonds is 3. The van der Waals surface area contributed by atoms with Gasteiger partial charge in [0.1, 0.15) is 0 Å². The van der Waals surface area contributed by atoms with E-state index >= 15 is 0 Å². The van der Waals surface area contributed by atoms with Crippen LogP contribution in [0.5, 0.6) is 11.5 Å². The molecule has 2 aromatic rings. The third-order valence-electron chi connectivity index (χ3n) is 4.36. The van der Waals surface area contributed by atoms with E-state index in [0.29, 0.717) is 16.7 Å². The molecule has 1 saturated carbocycles. The van der Waals surface area contributed by atoms with Crippen LogP contribution in [0.1, 0.15) is 18.4 Å². The maximum atomic E-state index is 13.1. The standard InChI is InChI=1S/C20H16N2O3S/c23-19-18(11-13-6-9-16-17(10-13)25-12-24-16)26-20(21-14-7-8-14)22(19)15-4-2-1-3-5-15/h1-6,9-11,14H,7-8,12H2/b18-11-,21-20?. The molecule has 3 aliphatic rings. The van der Waals surface area contributed by atoms with E-state index in [1.54, 1.807) is 4.90 Å². The number of ether oxygens (including phenoxy) is 2. The molecule has 2 heterocycles. The summed E-state index contributed by atoms with van der Waals surface area (Å²) >= 11 is 1.43. The number of anilines is 1. The molecule has 1 aliphatic carbocycles. The lowest BCUT2D eigenvalue weighted by Crippen LogP contribution is -2.29. The Labute approximate surface area is 155 Å². The lowest BCUT2D eigenvalue weighted by Gasteiger charge is -2.15. The van der Waals surface area contributed by atoms with Crippen LogP contribution in [-0.4, -0.2) is 23.9 Å². The summed E-state index contributed by atoms with van der Waals surface area (Å²) in [5.41, 5.74) is 1.75. The minimum absolute atomic E-state index is 0.0433. The summed E-state index contributed by atoms with van der Waals surface area (Å²) in [7, 11) is 0. The summed E-state index contributed by atoms with van der Waals surface area (Å²) in [6, 6.07) is 15.7. The third-order valence-corrected chi connectivity index (χ3v) is 5.34. The van der Waals surface area contributed by atoms with Crippen LogP contribution >= 0.6 is 11.8 Å². The second kappa shape index (κ2) is 6.21. The maximum absolute atomic E-state index is 13.1. The Bertz CT molecular complexity index is 935. The van der Waals surface area contributed by atoms with E-state index in [4.69, 9.17) is 14.5 Å². The number of nitrogens with zero attached hydrogens (tertiary/aromatic N) is 2. The Morgan fingerprint density at radius 3 is 2.69 bits per heavy atom. The third kappa shape index (κ3) is 2.86. The minimum atomic E-state index is -0.0433. The van der Waals surface area contributed by atoms with Crippen molar-refractivity contribution in [3.8, 4) is 11.5 Å². The van der Waals surface area contributed by atoms with Crippen molar-refractivity contribution in [1.29, 1.82) is 0 Å². The second-order valence-electron chi connectivity index (χ2n) is 6.34. The van der Waals surface area contributed by atoms with E-state index in [0.717, 1.165) is 35.0 Å². The molecule has 0 aromatic heterocycles. The second-order valence-corrected chi connectivity index (χ2v) is 7.35. The molecule has 2 aromatic carbocycles. The van der Waals surface area contributed by atoms with E-state index in [2.05, 4.69) is 0 Å². The number of aliphatic imine (C=N–C) groups is 1. The number of hydrogen-bond acceptors (Lipinski definition) is 5. The molecule has 0 N–H and O–H groups in total. The summed E-state index contributed by atoms with van der Waals surface area (Å²) in [5.74, 6) is 1.40. The zero-order valence-corrected chi connectivity index (χ0v) is 14.7. The van der Waals surface area contributed by atoms with Crippen LogP contribution in [0.2, 0.25) is 0 Å². The first-order valence-corrected chi connectivity index (χ1v) is 9.36. The predicted molar refractivity (Wildman–Crippen MR) is 103 cm³/mol. The molecule has 6 heteroatoms. The molecular formula is C20H16N2O3S. The van der Waals surface area contributed by atoms with Crippen LogP contribution in [0.3, 0.4) is 0 Å². The molecule has 2 fully saturated rings. The van der Waals surface area contributed by atoms with Crippen molar-refractivity contribution in [2.75, 3.05) is 11.7 Å². The fourth-order valence-electron chi connectivity index (χ4n) is 2.88. The molecule has 1 amide bonds. The van der Waals surface area contributed by atoms with Gasteiger partial charge in [-0.1, -0.05) is 24.3 Å². The fourth-order valence-corrected chi connectivity index (χ4v) is 3.93. The Hall–Kier alpha value is -2.73. The quantitative estimate of drug-likeness (QED) is 0.771. The number of para-hydroxylation sites is 1. The highest BCUT2D eigenvalue weighted by Crippen LogP contribution is 2.39. The Kier molecular flexibility index (Phi) is 3.71. The molecule has 0 bridgehead atoms. The topological polar surface area (TPSA) is 51.1 Å². The summed E-state index contributed by atoms with van der Waals surface area (Å²) in [5, 5.41) is 0.760. The fraction of sp³-hybridized carbons (Fsp3) is 0.200. The summed E-state index contributed by atoms with van der Waals surface area (Å²) < 4.78 is 10.8. The maximum Gasteiger partial charge on any atom is 0.271 e. The average molecular weight is 364 g/mol. The van der Waals surface area contributed by atoms with Crippen molar-refractivity contribution in [1.82, 2.24) is 0 Å². The Morgan fingerprint density at radius 2 is 1.88 bits per heavy atom. The van der Waals surface area contributed by atoms with Gasteiger partial charge in [0.25, 0.3) is 5.91 Å². The molecule has 5 rings (SSSR count). The van der Waals surface area contributed by atoms with E-state index in [1.807, 2.05) is 54.6 Å². The highest BCUT2D eigenvalue weighted by Gasteiger charge is 2.36. The number of carbonyl (C=O) groups excluding carboxylic acids is 1. The van der Waals surface area contributed by atoms with E-state index in [9.17, 15) is 4.79 Å². The number of amides is 1. The first-order valence-electron chi connectivity index (χ1n) is 8.54. The van der Waals surface area contributed by atoms with Crippen molar-refractivity contribution in [3.05, 3.63) is 59.0 Å². The summed E-state index contributed by atoms with van der Waals surface area (Å²) in [4.78, 5) is 20.2. The van der Waals surface area contributed by atoms with Crippen LogP contribution in [0.4, 0.5) is 5.69 Å². The molecule has 0 unspecified atom stereocenters. The van der Waals surface area contributed by atoms with E-state index < -0.39 is 0 Å². The lowest BCUT2D eigenvalue weighted by molar-refractivity contribution is -0.113. The lowest BCUT2D eigenvalue weighted by atomic mass is 10.2. The average Bonchev–Trinajstić information content (AvgIpc) is 3.26. The number of hydrogen-bond donors (Lipinski definition) is 0.